The highest BCUT2D eigenvalue weighted by atomic mass is 32.2. The number of hydrogen-bond acceptors (Lipinski definition) is 6. The third kappa shape index (κ3) is 4.86. The number of hydrogen-bond donors (Lipinski definition) is 1. The van der Waals surface area contributed by atoms with Crippen molar-refractivity contribution in [3.05, 3.63) is 59.2 Å². The first-order chi connectivity index (χ1) is 16.6. The van der Waals surface area contributed by atoms with Crippen LogP contribution in [0.1, 0.15) is 46.5 Å². The molecule has 186 valence electrons. The minimum atomic E-state index is -3.78. The number of morpholine rings is 1. The summed E-state index contributed by atoms with van der Waals surface area (Å²) < 4.78 is 33.0. The van der Waals surface area contributed by atoms with E-state index in [9.17, 15) is 22.8 Å². The minimum absolute atomic E-state index is 0.0188. The Morgan fingerprint density at radius 3 is 2.20 bits per heavy atom. The summed E-state index contributed by atoms with van der Waals surface area (Å²) in [5, 5.41) is 2.74. The summed E-state index contributed by atoms with van der Waals surface area (Å²) in [6, 6.07) is 10.1. The van der Waals surface area contributed by atoms with Crippen LogP contribution in [0.2, 0.25) is 0 Å². The molecule has 3 amide bonds. The molecule has 2 heterocycles. The predicted molar refractivity (Wildman–Crippen MR) is 130 cm³/mol. The van der Waals surface area contributed by atoms with Gasteiger partial charge in [0.15, 0.2) is 0 Å². The molecule has 1 unspecified atom stereocenters. The monoisotopic (exact) mass is 499 g/mol. The highest BCUT2D eigenvalue weighted by Crippen LogP contribution is 2.29. The zero-order chi connectivity index (χ0) is 25.3. The van der Waals surface area contributed by atoms with Gasteiger partial charge >= 0.3 is 0 Å². The Morgan fingerprint density at radius 2 is 1.63 bits per heavy atom. The van der Waals surface area contributed by atoms with Gasteiger partial charge in [-0.2, -0.15) is 4.31 Å². The number of carbonyl (C=O) groups excluding carboxylic acids is 3. The van der Waals surface area contributed by atoms with Gasteiger partial charge in [0.05, 0.1) is 29.2 Å². The Bertz CT molecular complexity index is 1230. The molecule has 1 N–H and O–H groups in total. The maximum absolute atomic E-state index is 13.4. The Kier molecular flexibility index (Phi) is 7.07. The predicted octanol–water partition coefficient (Wildman–Crippen LogP) is 2.67. The summed E-state index contributed by atoms with van der Waals surface area (Å²) in [5.41, 5.74) is 1.37. The van der Waals surface area contributed by atoms with Gasteiger partial charge in [0.2, 0.25) is 15.9 Å². The molecular formula is C25H29N3O6S. The number of benzene rings is 2. The molecule has 0 saturated carbocycles. The van der Waals surface area contributed by atoms with Crippen molar-refractivity contribution in [1.29, 1.82) is 0 Å². The molecule has 0 aliphatic carbocycles. The standard InChI is InChI=1S/C25H29N3O6S/c1-16(2)14-21(28-24(30)19-6-4-5-7-20(19)25(28)31)23(29)26-18-9-8-17(3)22(15-18)35(32,33)27-10-12-34-13-11-27/h4-9,15-16,21H,10-14H2,1-3H3,(H,26,29). The molecule has 1 saturated heterocycles. The van der Waals surface area contributed by atoms with Crippen LogP contribution in [-0.2, 0) is 19.6 Å². The molecule has 2 aromatic carbocycles. The second-order valence-corrected chi connectivity index (χ2v) is 11.1. The number of carbonyl (C=O) groups is 3. The Morgan fingerprint density at radius 1 is 1.03 bits per heavy atom. The molecule has 0 aromatic heterocycles. The Balaban J connectivity index is 1.61. The molecule has 35 heavy (non-hydrogen) atoms. The lowest BCUT2D eigenvalue weighted by Crippen LogP contribution is -2.48. The van der Waals surface area contributed by atoms with Crippen LogP contribution in [0.15, 0.2) is 47.4 Å². The lowest BCUT2D eigenvalue weighted by atomic mass is 10.0. The summed E-state index contributed by atoms with van der Waals surface area (Å²) in [6.45, 7) is 6.66. The van der Waals surface area contributed by atoms with Crippen LogP contribution in [0.3, 0.4) is 0 Å². The van der Waals surface area contributed by atoms with E-state index in [2.05, 4.69) is 5.32 Å². The molecule has 0 bridgehead atoms. The highest BCUT2D eigenvalue weighted by Gasteiger charge is 2.42. The topological polar surface area (TPSA) is 113 Å². The second kappa shape index (κ2) is 9.88. The van der Waals surface area contributed by atoms with Crippen LogP contribution >= 0.6 is 0 Å². The molecule has 2 aliphatic rings. The van der Waals surface area contributed by atoms with E-state index in [-0.39, 0.29) is 47.1 Å². The zero-order valence-corrected chi connectivity index (χ0v) is 20.8. The molecular weight excluding hydrogens is 470 g/mol. The molecule has 0 spiro atoms. The van der Waals surface area contributed by atoms with E-state index in [0.29, 0.717) is 18.8 Å². The molecule has 4 rings (SSSR count). The van der Waals surface area contributed by atoms with E-state index in [1.54, 1.807) is 43.3 Å². The summed E-state index contributed by atoms with van der Waals surface area (Å²) in [5.74, 6) is -1.55. The molecule has 2 aromatic rings. The van der Waals surface area contributed by atoms with Crippen molar-refractivity contribution >= 4 is 33.4 Å². The number of amides is 3. The first-order valence-electron chi connectivity index (χ1n) is 11.6. The zero-order valence-electron chi connectivity index (χ0n) is 20.0. The lowest BCUT2D eigenvalue weighted by Gasteiger charge is -2.28. The molecule has 1 atom stereocenters. The van der Waals surface area contributed by atoms with Crippen molar-refractivity contribution in [3.63, 3.8) is 0 Å². The third-order valence-corrected chi connectivity index (χ3v) is 8.22. The lowest BCUT2D eigenvalue weighted by molar-refractivity contribution is -0.120. The molecule has 10 heteroatoms. The van der Waals surface area contributed by atoms with Gasteiger partial charge in [-0.1, -0.05) is 32.0 Å². The SMILES string of the molecule is Cc1ccc(NC(=O)C(CC(C)C)N2C(=O)c3ccccc3C2=O)cc1S(=O)(=O)N1CCOCC1. The molecule has 1 fully saturated rings. The number of rotatable bonds is 7. The fourth-order valence-electron chi connectivity index (χ4n) is 4.37. The fraction of sp³-hybridized carbons (Fsp3) is 0.400. The van der Waals surface area contributed by atoms with Crippen LogP contribution in [0.5, 0.6) is 0 Å². The first-order valence-corrected chi connectivity index (χ1v) is 13.0. The van der Waals surface area contributed by atoms with Gasteiger partial charge in [-0.15, -0.1) is 0 Å². The number of ether oxygens (including phenoxy) is 1. The normalized spacial score (nSPS) is 17.5. The van der Waals surface area contributed by atoms with Crippen LogP contribution in [0.25, 0.3) is 0 Å². The quantitative estimate of drug-likeness (QED) is 0.586. The van der Waals surface area contributed by atoms with Crippen LogP contribution in [-0.4, -0.2) is 67.7 Å². The number of anilines is 1. The number of sulfonamides is 1. The van der Waals surface area contributed by atoms with Crippen LogP contribution < -0.4 is 5.32 Å². The van der Waals surface area contributed by atoms with Crippen molar-refractivity contribution in [3.8, 4) is 0 Å². The van der Waals surface area contributed by atoms with Gasteiger partial charge < -0.3 is 10.1 Å². The van der Waals surface area contributed by atoms with E-state index >= 15 is 0 Å². The first kappa shape index (κ1) is 25.0. The van der Waals surface area contributed by atoms with E-state index in [0.717, 1.165) is 4.90 Å². The summed E-state index contributed by atoms with van der Waals surface area (Å²) in [7, 11) is -3.78. The number of nitrogens with zero attached hydrogens (tertiary/aromatic N) is 2. The van der Waals surface area contributed by atoms with Crippen molar-refractivity contribution in [2.24, 2.45) is 5.92 Å². The number of fused-ring (bicyclic) bond motifs is 1. The molecule has 9 nitrogen and oxygen atoms in total. The average Bonchev–Trinajstić information content (AvgIpc) is 3.09. The van der Waals surface area contributed by atoms with E-state index in [4.69, 9.17) is 4.74 Å². The van der Waals surface area contributed by atoms with E-state index in [1.165, 1.54) is 10.4 Å². The average molecular weight is 500 g/mol. The van der Waals surface area contributed by atoms with Gasteiger partial charge in [-0.05, 0) is 49.1 Å². The van der Waals surface area contributed by atoms with E-state index in [1.807, 2.05) is 13.8 Å². The Hall–Kier alpha value is -3.08. The summed E-state index contributed by atoms with van der Waals surface area (Å²) in [6.07, 6.45) is 0.266. The van der Waals surface area contributed by atoms with E-state index < -0.39 is 33.8 Å². The maximum atomic E-state index is 13.4. The van der Waals surface area contributed by atoms with Crippen molar-refractivity contribution in [2.75, 3.05) is 31.6 Å². The van der Waals surface area contributed by atoms with Crippen LogP contribution in [0.4, 0.5) is 5.69 Å². The van der Waals surface area contributed by atoms with Gasteiger partial charge in [0, 0.05) is 18.8 Å². The summed E-state index contributed by atoms with van der Waals surface area (Å²) >= 11 is 0. The number of aryl methyl sites for hydroxylation is 1. The fourth-order valence-corrected chi connectivity index (χ4v) is 6.03. The third-order valence-electron chi connectivity index (χ3n) is 6.18. The largest absolute Gasteiger partial charge is 0.379 e. The van der Waals surface area contributed by atoms with Gasteiger partial charge in [-0.25, -0.2) is 8.42 Å². The minimum Gasteiger partial charge on any atom is -0.379 e. The van der Waals surface area contributed by atoms with Crippen LogP contribution in [0, 0.1) is 12.8 Å². The Labute approximate surface area is 205 Å². The summed E-state index contributed by atoms with van der Waals surface area (Å²) in [4.78, 5) is 40.5. The highest BCUT2D eigenvalue weighted by molar-refractivity contribution is 7.89. The van der Waals surface area contributed by atoms with Gasteiger partial charge in [0.1, 0.15) is 6.04 Å². The van der Waals surface area contributed by atoms with Gasteiger partial charge in [-0.3, -0.25) is 19.3 Å². The second-order valence-electron chi connectivity index (χ2n) is 9.16. The van der Waals surface area contributed by atoms with Crippen molar-refractivity contribution < 1.29 is 27.5 Å². The maximum Gasteiger partial charge on any atom is 0.262 e. The number of imide groups is 1. The van der Waals surface area contributed by atoms with Crippen molar-refractivity contribution in [1.82, 2.24) is 9.21 Å². The van der Waals surface area contributed by atoms with Gasteiger partial charge in [0.25, 0.3) is 11.8 Å². The molecule has 2 aliphatic heterocycles. The van der Waals surface area contributed by atoms with Crippen molar-refractivity contribution in [2.45, 2.75) is 38.1 Å². The smallest absolute Gasteiger partial charge is 0.262 e. The molecule has 0 radical (unpaired) electrons. The number of nitrogens with one attached hydrogen (secondary N) is 1.